The molecule has 2 unspecified atom stereocenters. The fourth-order valence-corrected chi connectivity index (χ4v) is 9.88. The Morgan fingerprint density at radius 2 is 1.63 bits per heavy atom. The van der Waals surface area contributed by atoms with E-state index in [9.17, 15) is 0 Å². The molecule has 0 aromatic rings. The Labute approximate surface area is 186 Å². The molecule has 4 aliphatic carbocycles. The summed E-state index contributed by atoms with van der Waals surface area (Å²) in [5.74, 6) is 2.81. The molecule has 0 radical (unpaired) electrons. The van der Waals surface area contributed by atoms with Crippen molar-refractivity contribution in [2.24, 2.45) is 45.3 Å². The molecule has 0 heterocycles. The van der Waals surface area contributed by atoms with Gasteiger partial charge in [-0.15, -0.1) is 6.58 Å². The van der Waals surface area contributed by atoms with Crippen LogP contribution in [0.2, 0.25) is 0 Å². The van der Waals surface area contributed by atoms with Gasteiger partial charge >= 0.3 is 0 Å². The Morgan fingerprint density at radius 1 is 0.900 bits per heavy atom. The number of rotatable bonds is 3. The molecule has 0 bridgehead atoms. The Balaban J connectivity index is 1.82. The fraction of sp³-hybridized carbons (Fsp3) is 0.828. The highest BCUT2D eigenvalue weighted by atomic mass is 14.7. The summed E-state index contributed by atoms with van der Waals surface area (Å²) in [5.41, 5.74) is 2.30. The smallest absolute Gasteiger partial charge is 0.0140 e. The van der Waals surface area contributed by atoms with Crippen molar-refractivity contribution in [2.45, 2.75) is 105 Å². The van der Waals surface area contributed by atoms with E-state index in [-0.39, 0.29) is 10.8 Å². The second kappa shape index (κ2) is 7.63. The molecule has 30 heavy (non-hydrogen) atoms. The van der Waals surface area contributed by atoms with Crippen LogP contribution in [0.25, 0.3) is 0 Å². The predicted octanol–water partition coefficient (Wildman–Crippen LogP) is 8.60. The molecule has 4 aliphatic rings. The van der Waals surface area contributed by atoms with Crippen molar-refractivity contribution in [3.63, 3.8) is 0 Å². The summed E-state index contributed by atoms with van der Waals surface area (Å²) in [7, 11) is 0. The summed E-state index contributed by atoms with van der Waals surface area (Å²) >= 11 is 0. The third-order valence-electron chi connectivity index (χ3n) is 11.5. The summed E-state index contributed by atoms with van der Waals surface area (Å²) in [6, 6.07) is 0. The third-order valence-corrected chi connectivity index (χ3v) is 11.5. The van der Waals surface area contributed by atoms with Crippen LogP contribution in [0.1, 0.15) is 105 Å². The number of fused-ring (bicyclic) bond motifs is 5. The molecular weight excluding hydrogens is 362 g/mol. The molecule has 4 fully saturated rings. The van der Waals surface area contributed by atoms with Crippen LogP contribution in [0.3, 0.4) is 0 Å². The highest BCUT2D eigenvalue weighted by Crippen LogP contribution is 2.73. The summed E-state index contributed by atoms with van der Waals surface area (Å²) in [6.45, 7) is 18.9. The lowest BCUT2D eigenvalue weighted by Gasteiger charge is -2.68. The van der Waals surface area contributed by atoms with E-state index in [1.165, 1.54) is 82.6 Å². The molecule has 8 atom stereocenters. The van der Waals surface area contributed by atoms with Crippen molar-refractivity contribution in [3.8, 4) is 0 Å². The normalized spacial score (nSPS) is 51.3. The summed E-state index contributed by atoms with van der Waals surface area (Å²) in [6.07, 6.45) is 20.2. The van der Waals surface area contributed by atoms with Crippen LogP contribution in [-0.2, 0) is 0 Å². The Morgan fingerprint density at radius 3 is 2.30 bits per heavy atom. The van der Waals surface area contributed by atoms with Gasteiger partial charge in [0.2, 0.25) is 0 Å². The zero-order valence-electron chi connectivity index (χ0n) is 20.4. The zero-order valence-corrected chi connectivity index (χ0v) is 20.4. The van der Waals surface area contributed by atoms with Gasteiger partial charge in [-0.3, -0.25) is 0 Å². The highest BCUT2D eigenvalue weighted by molar-refractivity contribution is 5.66. The first-order valence-electron chi connectivity index (χ1n) is 13.0. The molecule has 0 aromatic carbocycles. The number of hydrogen-bond donors (Lipinski definition) is 1. The molecule has 1 N–H and O–H groups in total. The lowest BCUT2D eigenvalue weighted by atomic mass is 9.36. The molecule has 0 aromatic heterocycles. The summed E-state index contributed by atoms with van der Waals surface area (Å²) < 4.78 is 0. The second-order valence-electron chi connectivity index (χ2n) is 12.5. The van der Waals surface area contributed by atoms with Gasteiger partial charge in [-0.2, -0.15) is 0 Å². The van der Waals surface area contributed by atoms with Crippen LogP contribution >= 0.6 is 0 Å². The van der Waals surface area contributed by atoms with Crippen LogP contribution < -0.4 is 0 Å². The van der Waals surface area contributed by atoms with Gasteiger partial charge in [0.25, 0.3) is 0 Å². The second-order valence-corrected chi connectivity index (χ2v) is 12.5. The summed E-state index contributed by atoms with van der Waals surface area (Å²) in [4.78, 5) is 0. The predicted molar refractivity (Wildman–Crippen MR) is 130 cm³/mol. The van der Waals surface area contributed by atoms with Crippen molar-refractivity contribution >= 4 is 6.21 Å². The fourth-order valence-electron chi connectivity index (χ4n) is 9.88. The van der Waals surface area contributed by atoms with Crippen molar-refractivity contribution < 1.29 is 0 Å². The molecule has 0 aliphatic heterocycles. The highest BCUT2D eigenvalue weighted by Gasteiger charge is 2.66. The Kier molecular flexibility index (Phi) is 5.68. The molecule has 1 heteroatoms. The standard InChI is InChI=1S/C29H47N/c1-7-28-18-14-25-24(26(28,5)15-10-11-22(4)19-28)13-17-27(6)23(21(2)3)12-8-9-16-29(25,27)20-30/h7,20,22-25,30H,1-2,8-19H2,3-6H3/t22-,23-,24?,25+,26+,27+,28+,29?/m0/s1. The lowest BCUT2D eigenvalue weighted by molar-refractivity contribution is -0.158. The topological polar surface area (TPSA) is 23.9 Å². The van der Waals surface area contributed by atoms with Crippen molar-refractivity contribution in [3.05, 3.63) is 24.8 Å². The van der Waals surface area contributed by atoms with Gasteiger partial charge in [0.05, 0.1) is 0 Å². The maximum Gasteiger partial charge on any atom is 0.0140 e. The number of hydrogen-bond acceptors (Lipinski definition) is 1. The summed E-state index contributed by atoms with van der Waals surface area (Å²) in [5, 5.41) is 8.88. The van der Waals surface area contributed by atoms with Crippen LogP contribution in [0.15, 0.2) is 24.8 Å². The minimum absolute atomic E-state index is 0.0598. The van der Waals surface area contributed by atoms with E-state index in [1.807, 2.05) is 6.21 Å². The lowest BCUT2D eigenvalue weighted by Crippen LogP contribution is -2.62. The maximum atomic E-state index is 8.88. The first kappa shape index (κ1) is 22.3. The van der Waals surface area contributed by atoms with Gasteiger partial charge in [-0.1, -0.05) is 64.7 Å². The number of allylic oxidation sites excluding steroid dienone is 2. The van der Waals surface area contributed by atoms with Gasteiger partial charge in [0.15, 0.2) is 0 Å². The maximum absolute atomic E-state index is 8.88. The van der Waals surface area contributed by atoms with E-state index in [2.05, 4.69) is 46.9 Å². The van der Waals surface area contributed by atoms with Gasteiger partial charge in [0, 0.05) is 11.6 Å². The Hall–Kier alpha value is -0.850. The molecule has 168 valence electrons. The van der Waals surface area contributed by atoms with Crippen LogP contribution in [0.4, 0.5) is 0 Å². The van der Waals surface area contributed by atoms with Crippen LogP contribution in [0.5, 0.6) is 0 Å². The van der Waals surface area contributed by atoms with Crippen LogP contribution in [0, 0.1) is 50.7 Å². The molecule has 1 nitrogen and oxygen atoms in total. The molecular formula is C29H47N. The quantitative estimate of drug-likeness (QED) is 0.356. The van der Waals surface area contributed by atoms with Crippen molar-refractivity contribution in [2.75, 3.05) is 0 Å². The minimum Gasteiger partial charge on any atom is -0.312 e. The van der Waals surface area contributed by atoms with E-state index in [0.717, 1.165) is 11.8 Å². The first-order valence-corrected chi connectivity index (χ1v) is 13.0. The van der Waals surface area contributed by atoms with E-state index >= 15 is 0 Å². The Bertz CT molecular complexity index is 707. The van der Waals surface area contributed by atoms with E-state index in [1.54, 1.807) is 0 Å². The average Bonchev–Trinajstić information content (AvgIpc) is 2.94. The largest absolute Gasteiger partial charge is 0.312 e. The number of nitrogens with one attached hydrogen (secondary N) is 1. The van der Waals surface area contributed by atoms with Gasteiger partial charge in [0.1, 0.15) is 0 Å². The average molecular weight is 410 g/mol. The van der Waals surface area contributed by atoms with E-state index in [4.69, 9.17) is 5.41 Å². The SMILES string of the molecule is C=C[C@]12CC[C@@H]3C(CC[C@]4(C)[C@H](C(=C)C)CCCCC34C=N)[C@@]1(C)CCC[C@H](C)C2. The molecule has 4 saturated carbocycles. The van der Waals surface area contributed by atoms with E-state index < -0.39 is 0 Å². The van der Waals surface area contributed by atoms with Gasteiger partial charge in [-0.25, -0.2) is 0 Å². The molecule has 4 rings (SSSR count). The minimum atomic E-state index is 0.0598. The third kappa shape index (κ3) is 2.82. The van der Waals surface area contributed by atoms with Crippen molar-refractivity contribution in [1.29, 1.82) is 5.41 Å². The van der Waals surface area contributed by atoms with Gasteiger partial charge < -0.3 is 5.41 Å². The molecule has 0 saturated heterocycles. The molecule has 0 amide bonds. The van der Waals surface area contributed by atoms with Crippen molar-refractivity contribution in [1.82, 2.24) is 0 Å². The molecule has 0 spiro atoms. The van der Waals surface area contributed by atoms with Gasteiger partial charge in [-0.05, 0) is 98.2 Å². The monoisotopic (exact) mass is 409 g/mol. The van der Waals surface area contributed by atoms with E-state index in [0.29, 0.717) is 22.7 Å². The first-order chi connectivity index (χ1) is 14.2. The van der Waals surface area contributed by atoms with Crippen LogP contribution in [-0.4, -0.2) is 6.21 Å². The zero-order chi connectivity index (χ0) is 21.8.